The van der Waals surface area contributed by atoms with E-state index in [4.69, 9.17) is 4.98 Å². The van der Waals surface area contributed by atoms with E-state index in [-0.39, 0.29) is 0 Å². The average Bonchev–Trinajstić information content (AvgIpc) is 2.93. The lowest BCUT2D eigenvalue weighted by molar-refractivity contribution is 0.448. The summed E-state index contributed by atoms with van der Waals surface area (Å²) in [7, 11) is 0. The summed E-state index contributed by atoms with van der Waals surface area (Å²) in [5.74, 6) is 1.11. The molecule has 23 heavy (non-hydrogen) atoms. The van der Waals surface area contributed by atoms with E-state index in [1.165, 1.54) is 41.3 Å². The molecule has 0 aromatic carbocycles. The summed E-state index contributed by atoms with van der Waals surface area (Å²) in [6, 6.07) is 2.74. The topological polar surface area (TPSA) is 41.9 Å². The van der Waals surface area contributed by atoms with E-state index in [9.17, 15) is 0 Å². The molecular formula is C18H22N4S. The molecule has 4 heterocycles. The van der Waals surface area contributed by atoms with Gasteiger partial charge in [0, 0.05) is 23.7 Å². The van der Waals surface area contributed by atoms with Crippen LogP contribution in [0.25, 0.3) is 20.4 Å². The first-order valence-electron chi connectivity index (χ1n) is 8.47. The molecule has 0 bridgehead atoms. The minimum Gasteiger partial charge on any atom is -0.352 e. The first kappa shape index (κ1) is 14.8. The molecule has 120 valence electrons. The van der Waals surface area contributed by atoms with E-state index >= 15 is 0 Å². The summed E-state index contributed by atoms with van der Waals surface area (Å²) in [4.78, 5) is 17.6. The molecule has 0 aliphatic carbocycles. The normalized spacial score (nSPS) is 18.9. The van der Waals surface area contributed by atoms with Crippen LogP contribution in [0.2, 0.25) is 0 Å². The molecule has 3 aromatic rings. The molecule has 0 spiro atoms. The molecule has 0 saturated carbocycles. The molecule has 0 N–H and O–H groups in total. The number of piperidine rings is 1. The Bertz CT molecular complexity index is 870. The Morgan fingerprint density at radius 3 is 2.96 bits per heavy atom. The molecule has 4 rings (SSSR count). The Hall–Kier alpha value is -1.75. The molecule has 1 atom stereocenters. The van der Waals surface area contributed by atoms with Gasteiger partial charge in [-0.15, -0.1) is 11.3 Å². The first-order chi connectivity index (χ1) is 11.2. The van der Waals surface area contributed by atoms with Gasteiger partial charge in [0.25, 0.3) is 0 Å². The van der Waals surface area contributed by atoms with Crippen LogP contribution in [0.3, 0.4) is 0 Å². The number of thiophene rings is 1. The van der Waals surface area contributed by atoms with Gasteiger partial charge >= 0.3 is 0 Å². The summed E-state index contributed by atoms with van der Waals surface area (Å²) in [5.41, 5.74) is 3.40. The van der Waals surface area contributed by atoms with E-state index in [1.807, 2.05) is 0 Å². The predicted octanol–water partition coefficient (Wildman–Crippen LogP) is 4.63. The lowest BCUT2D eigenvalue weighted by atomic mass is 10.00. The van der Waals surface area contributed by atoms with Crippen molar-refractivity contribution >= 4 is 37.6 Å². The van der Waals surface area contributed by atoms with Crippen molar-refractivity contribution in [2.24, 2.45) is 0 Å². The van der Waals surface area contributed by atoms with Crippen LogP contribution in [0.15, 0.2) is 12.4 Å². The Labute approximate surface area is 140 Å². The number of pyridine rings is 1. The third-order valence-electron chi connectivity index (χ3n) is 4.90. The van der Waals surface area contributed by atoms with Crippen LogP contribution in [0.4, 0.5) is 5.82 Å². The van der Waals surface area contributed by atoms with Gasteiger partial charge in [-0.25, -0.2) is 15.0 Å². The van der Waals surface area contributed by atoms with Crippen LogP contribution < -0.4 is 4.90 Å². The maximum Gasteiger partial charge on any atom is 0.150 e. The number of aromatic nitrogens is 3. The lowest BCUT2D eigenvalue weighted by Gasteiger charge is -2.36. The molecule has 1 unspecified atom stereocenters. The number of anilines is 1. The van der Waals surface area contributed by atoms with Gasteiger partial charge in [0.2, 0.25) is 0 Å². The van der Waals surface area contributed by atoms with Crippen molar-refractivity contribution in [3.8, 4) is 0 Å². The average molecular weight is 326 g/mol. The van der Waals surface area contributed by atoms with Crippen molar-refractivity contribution < 1.29 is 0 Å². The summed E-state index contributed by atoms with van der Waals surface area (Å²) >= 11 is 1.75. The molecule has 4 nitrogen and oxygen atoms in total. The highest BCUT2D eigenvalue weighted by Crippen LogP contribution is 2.39. The van der Waals surface area contributed by atoms with Gasteiger partial charge in [-0.1, -0.05) is 6.92 Å². The van der Waals surface area contributed by atoms with Crippen LogP contribution in [-0.4, -0.2) is 27.5 Å². The fraction of sp³-hybridized carbons (Fsp3) is 0.500. The molecule has 3 aromatic heterocycles. The van der Waals surface area contributed by atoms with Crippen LogP contribution in [0, 0.1) is 13.8 Å². The van der Waals surface area contributed by atoms with E-state index in [1.54, 1.807) is 17.7 Å². The minimum atomic E-state index is 0.600. The molecule has 1 aliphatic rings. The molecule has 5 heteroatoms. The molecule has 1 fully saturated rings. The maximum atomic E-state index is 4.73. The molecule has 0 amide bonds. The Kier molecular flexibility index (Phi) is 3.68. The van der Waals surface area contributed by atoms with Crippen molar-refractivity contribution in [3.05, 3.63) is 23.7 Å². The number of fused-ring (bicyclic) bond motifs is 3. The SMILES string of the molecule is CCC1CCCCN1c1ncnc2c1sc1nc(C)cc(C)c12. The zero-order valence-electron chi connectivity index (χ0n) is 14.0. The van der Waals surface area contributed by atoms with E-state index in [0.29, 0.717) is 6.04 Å². The summed E-state index contributed by atoms with van der Waals surface area (Å²) in [5, 5.41) is 1.20. The smallest absolute Gasteiger partial charge is 0.150 e. The molecule has 0 radical (unpaired) electrons. The summed E-state index contributed by atoms with van der Waals surface area (Å²) in [6.45, 7) is 7.59. The Morgan fingerprint density at radius 1 is 1.26 bits per heavy atom. The van der Waals surface area contributed by atoms with Crippen LogP contribution in [0.5, 0.6) is 0 Å². The van der Waals surface area contributed by atoms with Crippen LogP contribution in [0.1, 0.15) is 43.9 Å². The van der Waals surface area contributed by atoms with Crippen molar-refractivity contribution in [2.75, 3.05) is 11.4 Å². The second-order valence-electron chi connectivity index (χ2n) is 6.49. The largest absolute Gasteiger partial charge is 0.352 e. The second kappa shape index (κ2) is 5.71. The van der Waals surface area contributed by atoms with Crippen molar-refractivity contribution in [2.45, 2.75) is 52.5 Å². The highest BCUT2D eigenvalue weighted by Gasteiger charge is 2.25. The maximum absolute atomic E-state index is 4.73. The summed E-state index contributed by atoms with van der Waals surface area (Å²) in [6.07, 6.45) is 6.75. The standard InChI is InChI=1S/C18H22N4S/c1-4-13-7-5-6-8-22(13)17-16-15(19-10-20-17)14-11(2)9-12(3)21-18(14)23-16/h9-10,13H,4-8H2,1-3H3. The Morgan fingerprint density at radius 2 is 2.13 bits per heavy atom. The minimum absolute atomic E-state index is 0.600. The highest BCUT2D eigenvalue weighted by molar-refractivity contribution is 7.26. The number of aryl methyl sites for hydroxylation is 2. The van der Waals surface area contributed by atoms with Crippen molar-refractivity contribution in [1.29, 1.82) is 0 Å². The fourth-order valence-electron chi connectivity index (χ4n) is 3.81. The highest BCUT2D eigenvalue weighted by atomic mass is 32.1. The number of nitrogens with zero attached hydrogens (tertiary/aromatic N) is 4. The third kappa shape index (κ3) is 2.38. The monoisotopic (exact) mass is 326 g/mol. The first-order valence-corrected chi connectivity index (χ1v) is 9.28. The second-order valence-corrected chi connectivity index (χ2v) is 7.49. The van der Waals surface area contributed by atoms with E-state index in [2.05, 4.69) is 41.7 Å². The number of hydrogen-bond donors (Lipinski definition) is 0. The lowest BCUT2D eigenvalue weighted by Crippen LogP contribution is -2.39. The third-order valence-corrected chi connectivity index (χ3v) is 5.97. The van der Waals surface area contributed by atoms with Gasteiger partial charge in [0.05, 0.1) is 10.2 Å². The van der Waals surface area contributed by atoms with Gasteiger partial charge in [-0.2, -0.15) is 0 Å². The van der Waals surface area contributed by atoms with E-state index < -0.39 is 0 Å². The van der Waals surface area contributed by atoms with Crippen LogP contribution in [-0.2, 0) is 0 Å². The van der Waals surface area contributed by atoms with Crippen molar-refractivity contribution in [1.82, 2.24) is 15.0 Å². The summed E-state index contributed by atoms with van der Waals surface area (Å²) < 4.78 is 1.20. The van der Waals surface area contributed by atoms with Gasteiger partial charge in [0.1, 0.15) is 17.0 Å². The van der Waals surface area contributed by atoms with E-state index in [0.717, 1.165) is 28.4 Å². The predicted molar refractivity (Wildman–Crippen MR) is 97.5 cm³/mol. The quantitative estimate of drug-likeness (QED) is 0.689. The molecule has 1 aliphatic heterocycles. The number of hydrogen-bond acceptors (Lipinski definition) is 5. The van der Waals surface area contributed by atoms with Gasteiger partial charge in [0.15, 0.2) is 0 Å². The van der Waals surface area contributed by atoms with Crippen molar-refractivity contribution in [3.63, 3.8) is 0 Å². The molecular weight excluding hydrogens is 304 g/mol. The van der Waals surface area contributed by atoms with Gasteiger partial charge < -0.3 is 4.90 Å². The fourth-order valence-corrected chi connectivity index (χ4v) is 5.06. The zero-order chi connectivity index (χ0) is 16.0. The van der Waals surface area contributed by atoms with Crippen LogP contribution >= 0.6 is 11.3 Å². The zero-order valence-corrected chi connectivity index (χ0v) is 14.8. The Balaban J connectivity index is 1.96. The molecule has 1 saturated heterocycles. The number of rotatable bonds is 2. The van der Waals surface area contributed by atoms with Gasteiger partial charge in [-0.05, 0) is 51.2 Å². The van der Waals surface area contributed by atoms with Gasteiger partial charge in [-0.3, -0.25) is 0 Å².